The van der Waals surface area contributed by atoms with Gasteiger partial charge in [0.1, 0.15) is 11.4 Å². The van der Waals surface area contributed by atoms with Gasteiger partial charge in [-0.25, -0.2) is 0 Å². The Labute approximate surface area is 130 Å². The van der Waals surface area contributed by atoms with E-state index < -0.39 is 17.8 Å². The van der Waals surface area contributed by atoms with Gasteiger partial charge in [-0.15, -0.1) is 0 Å². The Morgan fingerprint density at radius 2 is 2.04 bits per heavy atom. The predicted octanol–water partition coefficient (Wildman–Crippen LogP) is -0.0746. The molecule has 2 aromatic rings. The fraction of sp³-hybridized carbons (Fsp3) is 0.308. The first-order chi connectivity index (χ1) is 10.9. The number of anilines is 1. The van der Waals surface area contributed by atoms with Crippen molar-refractivity contribution in [2.75, 3.05) is 5.32 Å². The Balaban J connectivity index is 2.20. The molecule has 0 atom stereocenters. The number of aryl methyl sites for hydroxylation is 2. The highest BCUT2D eigenvalue weighted by atomic mass is 16.4. The van der Waals surface area contributed by atoms with E-state index in [1.807, 2.05) is 0 Å². The van der Waals surface area contributed by atoms with Crippen molar-refractivity contribution in [3.8, 4) is 0 Å². The fourth-order valence-electron chi connectivity index (χ4n) is 2.07. The Kier molecular flexibility index (Phi) is 4.74. The number of hydrogen-bond donors (Lipinski definition) is 3. The zero-order valence-corrected chi connectivity index (χ0v) is 12.4. The van der Waals surface area contributed by atoms with Crippen molar-refractivity contribution in [3.05, 3.63) is 29.8 Å². The first kappa shape index (κ1) is 16.2. The number of hydrogen-bond acceptors (Lipinski definition) is 5. The van der Waals surface area contributed by atoms with Crippen molar-refractivity contribution in [1.29, 1.82) is 0 Å². The molecular formula is C13H16N6O4. The van der Waals surface area contributed by atoms with Gasteiger partial charge in [0.25, 0.3) is 11.8 Å². The number of aromatic nitrogens is 4. The molecule has 0 fully saturated rings. The molecule has 0 aromatic carbocycles. The van der Waals surface area contributed by atoms with Crippen LogP contribution in [0.1, 0.15) is 34.3 Å². The number of nitrogens with one attached hydrogen (secondary N) is 1. The van der Waals surface area contributed by atoms with Gasteiger partial charge in [0.05, 0.1) is 24.8 Å². The molecule has 23 heavy (non-hydrogen) atoms. The maximum Gasteiger partial charge on any atom is 0.305 e. The van der Waals surface area contributed by atoms with Crippen LogP contribution in [0.3, 0.4) is 0 Å². The van der Waals surface area contributed by atoms with Crippen LogP contribution in [-0.2, 0) is 17.9 Å². The van der Waals surface area contributed by atoms with Crippen LogP contribution in [0, 0.1) is 0 Å². The molecule has 2 amide bonds. The number of rotatable bonds is 7. The van der Waals surface area contributed by atoms with E-state index in [1.165, 1.54) is 27.8 Å². The summed E-state index contributed by atoms with van der Waals surface area (Å²) in [4.78, 5) is 34.4. The number of carbonyl (C=O) groups is 3. The number of carbonyl (C=O) groups excluding carboxylic acids is 2. The van der Waals surface area contributed by atoms with Crippen molar-refractivity contribution in [3.63, 3.8) is 0 Å². The van der Waals surface area contributed by atoms with Crippen LogP contribution >= 0.6 is 0 Å². The monoisotopic (exact) mass is 320 g/mol. The molecule has 0 aliphatic heterocycles. The van der Waals surface area contributed by atoms with E-state index in [2.05, 4.69) is 15.5 Å². The van der Waals surface area contributed by atoms with Crippen LogP contribution in [-0.4, -0.2) is 42.5 Å². The first-order valence-corrected chi connectivity index (χ1v) is 6.84. The average Bonchev–Trinajstić information content (AvgIpc) is 3.10. The molecule has 2 heterocycles. The van der Waals surface area contributed by atoms with Gasteiger partial charge < -0.3 is 16.2 Å². The van der Waals surface area contributed by atoms with Crippen molar-refractivity contribution < 1.29 is 19.5 Å². The lowest BCUT2D eigenvalue weighted by Crippen LogP contribution is -2.22. The van der Waals surface area contributed by atoms with E-state index in [9.17, 15) is 14.4 Å². The van der Waals surface area contributed by atoms with Crippen molar-refractivity contribution in [2.45, 2.75) is 26.4 Å². The summed E-state index contributed by atoms with van der Waals surface area (Å²) in [5.41, 5.74) is 5.76. The second-order valence-corrected chi connectivity index (χ2v) is 4.62. The fourth-order valence-corrected chi connectivity index (χ4v) is 2.07. The van der Waals surface area contributed by atoms with Crippen LogP contribution < -0.4 is 11.1 Å². The molecule has 10 nitrogen and oxygen atoms in total. The minimum Gasteiger partial charge on any atom is -0.481 e. The highest BCUT2D eigenvalue weighted by Crippen LogP contribution is 2.16. The summed E-state index contributed by atoms with van der Waals surface area (Å²) < 4.78 is 2.65. The minimum atomic E-state index is -0.993. The number of aliphatic carboxylic acids is 1. The Hall–Kier alpha value is -3.17. The zero-order valence-electron chi connectivity index (χ0n) is 12.4. The number of nitrogens with zero attached hydrogens (tertiary/aromatic N) is 4. The summed E-state index contributed by atoms with van der Waals surface area (Å²) in [6, 6.07) is 1.45. The van der Waals surface area contributed by atoms with Gasteiger partial charge in [-0.2, -0.15) is 10.2 Å². The third-order valence-electron chi connectivity index (χ3n) is 3.11. The molecule has 0 saturated heterocycles. The lowest BCUT2D eigenvalue weighted by atomic mass is 10.3. The maximum atomic E-state index is 12.3. The molecule has 0 spiro atoms. The number of nitrogens with two attached hydrogens (primary N) is 1. The van der Waals surface area contributed by atoms with E-state index in [1.54, 1.807) is 6.92 Å². The molecule has 4 N–H and O–H groups in total. The third kappa shape index (κ3) is 3.54. The van der Waals surface area contributed by atoms with Gasteiger partial charge in [0, 0.05) is 12.7 Å². The summed E-state index contributed by atoms with van der Waals surface area (Å²) in [6.07, 6.45) is 2.56. The molecular weight excluding hydrogens is 304 g/mol. The smallest absolute Gasteiger partial charge is 0.305 e. The van der Waals surface area contributed by atoms with Gasteiger partial charge in [0.2, 0.25) is 0 Å². The average molecular weight is 320 g/mol. The van der Waals surface area contributed by atoms with Crippen molar-refractivity contribution >= 4 is 23.5 Å². The number of carboxylic acids is 1. The number of amides is 2. The van der Waals surface area contributed by atoms with Gasteiger partial charge in [0.15, 0.2) is 0 Å². The largest absolute Gasteiger partial charge is 0.481 e. The van der Waals surface area contributed by atoms with Crippen LogP contribution in [0.15, 0.2) is 18.5 Å². The Bertz CT molecular complexity index is 747. The van der Waals surface area contributed by atoms with Crippen LogP contribution in [0.2, 0.25) is 0 Å². The van der Waals surface area contributed by atoms with Crippen molar-refractivity contribution in [1.82, 2.24) is 19.6 Å². The summed E-state index contributed by atoms with van der Waals surface area (Å²) in [5.74, 6) is -2.24. The second kappa shape index (κ2) is 6.73. The van der Waals surface area contributed by atoms with E-state index in [0.29, 0.717) is 6.54 Å². The molecule has 122 valence electrons. The maximum absolute atomic E-state index is 12.3. The van der Waals surface area contributed by atoms with E-state index >= 15 is 0 Å². The quantitative estimate of drug-likeness (QED) is 0.651. The number of carboxylic acid groups (broad SMARTS) is 1. The molecule has 0 aliphatic rings. The van der Waals surface area contributed by atoms with E-state index in [0.717, 1.165) is 0 Å². The first-order valence-electron chi connectivity index (χ1n) is 6.84. The Morgan fingerprint density at radius 1 is 1.30 bits per heavy atom. The molecule has 0 bridgehead atoms. The molecule has 0 unspecified atom stereocenters. The van der Waals surface area contributed by atoms with E-state index in [4.69, 9.17) is 10.8 Å². The summed E-state index contributed by atoms with van der Waals surface area (Å²) in [7, 11) is 0. The third-order valence-corrected chi connectivity index (χ3v) is 3.11. The predicted molar refractivity (Wildman–Crippen MR) is 78.9 cm³/mol. The van der Waals surface area contributed by atoms with Crippen LogP contribution in [0.5, 0.6) is 0 Å². The van der Waals surface area contributed by atoms with E-state index in [-0.39, 0.29) is 30.0 Å². The number of primary amides is 1. The molecule has 0 aliphatic carbocycles. The second-order valence-electron chi connectivity index (χ2n) is 4.62. The van der Waals surface area contributed by atoms with Gasteiger partial charge in [-0.05, 0) is 13.0 Å². The zero-order chi connectivity index (χ0) is 17.0. The summed E-state index contributed by atoms with van der Waals surface area (Å²) in [6.45, 7) is 2.26. The van der Waals surface area contributed by atoms with Gasteiger partial charge in [-0.1, -0.05) is 0 Å². The minimum absolute atomic E-state index is 0.0575. The topological polar surface area (TPSA) is 145 Å². The standard InChI is InChI=1S/C13H16N6O4/c1-2-18-11(12(14)22)8(7-16-18)17-13(23)9-3-5-15-19(9)6-4-10(20)21/h3,5,7H,2,4,6H2,1H3,(H2,14,22)(H,17,23)(H,20,21). The van der Waals surface area contributed by atoms with Crippen molar-refractivity contribution in [2.24, 2.45) is 5.73 Å². The molecule has 2 rings (SSSR count). The lowest BCUT2D eigenvalue weighted by molar-refractivity contribution is -0.137. The van der Waals surface area contributed by atoms with Crippen LogP contribution in [0.25, 0.3) is 0 Å². The molecule has 0 radical (unpaired) electrons. The highest BCUT2D eigenvalue weighted by molar-refractivity contribution is 6.07. The lowest BCUT2D eigenvalue weighted by Gasteiger charge is -2.08. The van der Waals surface area contributed by atoms with Crippen LogP contribution in [0.4, 0.5) is 5.69 Å². The normalized spacial score (nSPS) is 10.5. The SMILES string of the molecule is CCn1ncc(NC(=O)c2ccnn2CCC(=O)O)c1C(N)=O. The summed E-state index contributed by atoms with van der Waals surface area (Å²) >= 11 is 0. The molecule has 2 aromatic heterocycles. The van der Waals surface area contributed by atoms with Gasteiger partial charge in [-0.3, -0.25) is 23.7 Å². The molecule has 0 saturated carbocycles. The van der Waals surface area contributed by atoms with Gasteiger partial charge >= 0.3 is 5.97 Å². The molecule has 10 heteroatoms. The highest BCUT2D eigenvalue weighted by Gasteiger charge is 2.19. The summed E-state index contributed by atoms with van der Waals surface area (Å²) in [5, 5.41) is 19.1. The Morgan fingerprint density at radius 3 is 2.65 bits per heavy atom.